The van der Waals surface area contributed by atoms with E-state index in [2.05, 4.69) is 22.0 Å². The van der Waals surface area contributed by atoms with E-state index in [1.807, 2.05) is 11.8 Å². The maximum absolute atomic E-state index is 13.3. The number of rotatable bonds is 5. The first kappa shape index (κ1) is 17.4. The summed E-state index contributed by atoms with van der Waals surface area (Å²) in [5, 5.41) is 9.42. The van der Waals surface area contributed by atoms with Crippen molar-refractivity contribution in [3.8, 4) is 0 Å². The number of fused-ring (bicyclic) bond motifs is 1. The van der Waals surface area contributed by atoms with E-state index in [1.54, 1.807) is 7.05 Å². The average Bonchev–Trinajstić information content (AvgIpc) is 3.22. The molecule has 2 aliphatic heterocycles. The monoisotopic (exact) mass is 334 g/mol. The molecule has 3 unspecified atom stereocenters. The van der Waals surface area contributed by atoms with Gasteiger partial charge in [-0.1, -0.05) is 19.3 Å². The number of likely N-dealkylation sites (N-methyl/N-ethyl adjacent to an activating group) is 1. The molecule has 0 radical (unpaired) electrons. The average molecular weight is 334 g/mol. The molecule has 6 heteroatoms. The zero-order valence-electron chi connectivity index (χ0n) is 14.8. The molecule has 2 heterocycles. The lowest BCUT2D eigenvalue weighted by molar-refractivity contribution is -0.136. The van der Waals surface area contributed by atoms with Crippen molar-refractivity contribution in [3.63, 3.8) is 0 Å². The summed E-state index contributed by atoms with van der Waals surface area (Å²) < 4.78 is 0. The lowest BCUT2D eigenvalue weighted by Gasteiger charge is -2.33. The van der Waals surface area contributed by atoms with Crippen LogP contribution in [0.4, 0.5) is 0 Å². The van der Waals surface area contributed by atoms with Crippen molar-refractivity contribution in [2.45, 2.75) is 63.6 Å². The Hall–Kier alpha value is -1.40. The second kappa shape index (κ2) is 7.66. The van der Waals surface area contributed by atoms with Crippen LogP contribution in [0.1, 0.15) is 45.4 Å². The molecule has 3 N–H and O–H groups in total. The van der Waals surface area contributed by atoms with Crippen molar-refractivity contribution >= 4 is 11.8 Å². The topological polar surface area (TPSA) is 73.5 Å². The lowest BCUT2D eigenvalue weighted by atomic mass is 9.83. The molecule has 2 fully saturated rings. The molecule has 1 aliphatic carbocycles. The van der Waals surface area contributed by atoms with E-state index >= 15 is 0 Å². The Bertz CT molecular complexity index is 513. The molecule has 3 aliphatic rings. The van der Waals surface area contributed by atoms with Gasteiger partial charge in [0.25, 0.3) is 0 Å². The van der Waals surface area contributed by atoms with Crippen LogP contribution in [0.3, 0.4) is 0 Å². The Kier molecular flexibility index (Phi) is 5.56. The molecule has 3 atom stereocenters. The molecule has 134 valence electrons. The fourth-order valence-corrected chi connectivity index (χ4v) is 4.15. The third kappa shape index (κ3) is 3.49. The molecule has 0 aromatic rings. The summed E-state index contributed by atoms with van der Waals surface area (Å²) in [4.78, 5) is 27.6. The van der Waals surface area contributed by atoms with Crippen LogP contribution < -0.4 is 16.0 Å². The van der Waals surface area contributed by atoms with Crippen LogP contribution in [-0.4, -0.2) is 55.0 Å². The van der Waals surface area contributed by atoms with Gasteiger partial charge in [0.05, 0.1) is 6.04 Å². The predicted molar refractivity (Wildman–Crippen MR) is 93.2 cm³/mol. The van der Waals surface area contributed by atoms with Crippen LogP contribution >= 0.6 is 0 Å². The molecule has 1 saturated heterocycles. The van der Waals surface area contributed by atoms with Crippen molar-refractivity contribution in [1.29, 1.82) is 0 Å². The molecule has 2 amide bonds. The molecule has 24 heavy (non-hydrogen) atoms. The van der Waals surface area contributed by atoms with Gasteiger partial charge in [-0.15, -0.1) is 0 Å². The Morgan fingerprint density at radius 2 is 2.00 bits per heavy atom. The van der Waals surface area contributed by atoms with Crippen LogP contribution in [0.2, 0.25) is 0 Å². The third-order valence-electron chi connectivity index (χ3n) is 5.76. The highest BCUT2D eigenvalue weighted by atomic mass is 16.2. The minimum Gasteiger partial charge on any atom is -0.343 e. The molecule has 0 spiro atoms. The van der Waals surface area contributed by atoms with E-state index in [0.717, 1.165) is 50.9 Å². The van der Waals surface area contributed by atoms with Crippen LogP contribution in [0.15, 0.2) is 11.8 Å². The SMILES string of the molecule is CNC(C)C(=O)NC(C(=O)N1CCC2NCC=C21)C1CCCCC1. The molecule has 0 bridgehead atoms. The van der Waals surface area contributed by atoms with Gasteiger partial charge in [0.2, 0.25) is 11.8 Å². The number of hydrogen-bond acceptors (Lipinski definition) is 4. The second-order valence-electron chi connectivity index (χ2n) is 7.26. The maximum Gasteiger partial charge on any atom is 0.249 e. The first-order valence-corrected chi connectivity index (χ1v) is 9.34. The minimum atomic E-state index is -0.395. The first-order chi connectivity index (χ1) is 11.6. The highest BCUT2D eigenvalue weighted by Gasteiger charge is 2.40. The number of amides is 2. The van der Waals surface area contributed by atoms with Gasteiger partial charge in [0.1, 0.15) is 6.04 Å². The third-order valence-corrected chi connectivity index (χ3v) is 5.76. The summed E-state index contributed by atoms with van der Waals surface area (Å²) in [7, 11) is 1.77. The summed E-state index contributed by atoms with van der Waals surface area (Å²) in [6, 6.07) is -0.371. The van der Waals surface area contributed by atoms with Gasteiger partial charge < -0.3 is 20.9 Å². The number of carbonyl (C=O) groups is 2. The zero-order valence-corrected chi connectivity index (χ0v) is 14.8. The van der Waals surface area contributed by atoms with Crippen molar-refractivity contribution in [3.05, 3.63) is 11.8 Å². The van der Waals surface area contributed by atoms with Gasteiger partial charge >= 0.3 is 0 Å². The first-order valence-electron chi connectivity index (χ1n) is 9.34. The van der Waals surface area contributed by atoms with E-state index in [1.165, 1.54) is 6.42 Å². The van der Waals surface area contributed by atoms with Crippen molar-refractivity contribution in [1.82, 2.24) is 20.9 Å². The minimum absolute atomic E-state index is 0.0796. The Balaban J connectivity index is 1.75. The number of hydrogen-bond donors (Lipinski definition) is 3. The van der Waals surface area contributed by atoms with Crippen LogP contribution in [-0.2, 0) is 9.59 Å². The van der Waals surface area contributed by atoms with Gasteiger partial charge in [-0.2, -0.15) is 0 Å². The van der Waals surface area contributed by atoms with Gasteiger partial charge in [-0.3, -0.25) is 9.59 Å². The molecule has 0 aromatic carbocycles. The second-order valence-corrected chi connectivity index (χ2v) is 7.26. The molecule has 1 saturated carbocycles. The van der Waals surface area contributed by atoms with Crippen molar-refractivity contribution in [2.75, 3.05) is 20.1 Å². The number of likely N-dealkylation sites (tertiary alicyclic amines) is 1. The van der Waals surface area contributed by atoms with Crippen LogP contribution in [0, 0.1) is 5.92 Å². The van der Waals surface area contributed by atoms with Gasteiger partial charge in [-0.25, -0.2) is 0 Å². The number of nitrogens with zero attached hydrogens (tertiary/aromatic N) is 1. The summed E-state index contributed by atoms with van der Waals surface area (Å²) in [6.45, 7) is 3.41. The van der Waals surface area contributed by atoms with Crippen molar-refractivity contribution in [2.24, 2.45) is 5.92 Å². The summed E-state index contributed by atoms with van der Waals surface area (Å²) in [5.41, 5.74) is 1.11. The molecule has 3 rings (SSSR count). The largest absolute Gasteiger partial charge is 0.343 e. The van der Waals surface area contributed by atoms with E-state index < -0.39 is 6.04 Å². The summed E-state index contributed by atoms with van der Waals surface area (Å²) in [5.74, 6) is 0.250. The van der Waals surface area contributed by atoms with Crippen molar-refractivity contribution < 1.29 is 9.59 Å². The van der Waals surface area contributed by atoms with E-state index in [0.29, 0.717) is 6.04 Å². The fraction of sp³-hybridized carbons (Fsp3) is 0.778. The molecule has 0 aromatic heterocycles. The van der Waals surface area contributed by atoms with Gasteiger partial charge in [0.15, 0.2) is 0 Å². The lowest BCUT2D eigenvalue weighted by Crippen LogP contribution is -2.55. The summed E-state index contributed by atoms with van der Waals surface area (Å²) >= 11 is 0. The Morgan fingerprint density at radius 3 is 2.71 bits per heavy atom. The fourth-order valence-electron chi connectivity index (χ4n) is 4.15. The Morgan fingerprint density at radius 1 is 1.25 bits per heavy atom. The molecular weight excluding hydrogens is 304 g/mol. The van der Waals surface area contributed by atoms with E-state index in [9.17, 15) is 9.59 Å². The van der Waals surface area contributed by atoms with Gasteiger partial charge in [0, 0.05) is 24.8 Å². The highest BCUT2D eigenvalue weighted by molar-refractivity contribution is 5.91. The molecular formula is C18H30N4O2. The molecule has 6 nitrogen and oxygen atoms in total. The van der Waals surface area contributed by atoms with Crippen LogP contribution in [0.5, 0.6) is 0 Å². The number of nitrogens with one attached hydrogen (secondary N) is 3. The van der Waals surface area contributed by atoms with E-state index in [-0.39, 0.29) is 23.8 Å². The quantitative estimate of drug-likeness (QED) is 0.694. The predicted octanol–water partition coefficient (Wildman–Crippen LogP) is 0.747. The number of carbonyl (C=O) groups excluding carboxylic acids is 2. The van der Waals surface area contributed by atoms with E-state index in [4.69, 9.17) is 0 Å². The maximum atomic E-state index is 13.3. The summed E-state index contributed by atoms with van der Waals surface area (Å²) in [6.07, 6.45) is 8.68. The normalized spacial score (nSPS) is 26.7. The van der Waals surface area contributed by atoms with Gasteiger partial charge in [-0.05, 0) is 45.2 Å². The zero-order chi connectivity index (χ0) is 17.1. The highest BCUT2D eigenvalue weighted by Crippen LogP contribution is 2.31. The standard InChI is InChI=1S/C18H30N4O2/c1-12(19-2)17(23)21-16(13-6-4-3-5-7-13)18(24)22-11-9-14-15(22)8-10-20-14/h8,12-14,16,19-20H,3-7,9-11H2,1-2H3,(H,21,23). The Labute approximate surface area is 144 Å². The van der Waals surface area contributed by atoms with Crippen LogP contribution in [0.25, 0.3) is 0 Å². The smallest absolute Gasteiger partial charge is 0.249 e.